The highest BCUT2D eigenvalue weighted by molar-refractivity contribution is 5.88. The molecule has 0 radical (unpaired) electrons. The van der Waals surface area contributed by atoms with Crippen LogP contribution in [0, 0.1) is 0 Å². The van der Waals surface area contributed by atoms with Gasteiger partial charge >= 0.3 is 0 Å². The maximum absolute atomic E-state index is 13.3. The van der Waals surface area contributed by atoms with Crippen molar-refractivity contribution in [3.05, 3.63) is 103 Å². The van der Waals surface area contributed by atoms with E-state index in [1.165, 1.54) is 5.39 Å². The highest BCUT2D eigenvalue weighted by Gasteiger charge is 2.36. The minimum absolute atomic E-state index is 0.000330. The van der Waals surface area contributed by atoms with Crippen molar-refractivity contribution in [2.75, 3.05) is 6.54 Å². The van der Waals surface area contributed by atoms with Crippen molar-refractivity contribution in [3.63, 3.8) is 0 Å². The Morgan fingerprint density at radius 3 is 2.42 bits per heavy atom. The van der Waals surface area contributed by atoms with E-state index >= 15 is 0 Å². The number of para-hydroxylation sites is 2. The monoisotopic (exact) mass is 502 g/mol. The molecule has 38 heavy (non-hydrogen) atoms. The van der Waals surface area contributed by atoms with Crippen LogP contribution < -0.4 is 5.73 Å². The van der Waals surface area contributed by atoms with E-state index < -0.39 is 11.9 Å². The highest BCUT2D eigenvalue weighted by atomic mass is 16.2. The fourth-order valence-electron chi connectivity index (χ4n) is 5.74. The molecule has 6 nitrogen and oxygen atoms in total. The first-order valence-electron chi connectivity index (χ1n) is 13.2. The molecular formula is C32H30N4O2. The van der Waals surface area contributed by atoms with Crippen LogP contribution in [0.2, 0.25) is 0 Å². The summed E-state index contributed by atoms with van der Waals surface area (Å²) in [5, 5.41) is 2.34. The number of carbonyl (C=O) groups is 2. The molecule has 4 aromatic carbocycles. The number of nitrogens with two attached hydrogens (primary N) is 1. The first kappa shape index (κ1) is 23.9. The Labute approximate surface area is 221 Å². The van der Waals surface area contributed by atoms with Gasteiger partial charge in [0.15, 0.2) is 0 Å². The molecule has 2 atom stereocenters. The van der Waals surface area contributed by atoms with Crippen LogP contribution in [0.1, 0.15) is 30.9 Å². The van der Waals surface area contributed by atoms with E-state index in [2.05, 4.69) is 53.1 Å². The van der Waals surface area contributed by atoms with Gasteiger partial charge in [-0.05, 0) is 47.7 Å². The summed E-state index contributed by atoms with van der Waals surface area (Å²) in [7, 11) is 0. The van der Waals surface area contributed by atoms with Crippen LogP contribution in [0.15, 0.2) is 97.1 Å². The summed E-state index contributed by atoms with van der Waals surface area (Å²) >= 11 is 0. The number of aryl methyl sites for hydroxylation is 1. The number of piperidine rings is 1. The summed E-state index contributed by atoms with van der Waals surface area (Å²) in [5.74, 6) is 0.384. The molecule has 1 fully saturated rings. The van der Waals surface area contributed by atoms with Crippen molar-refractivity contribution < 1.29 is 9.59 Å². The van der Waals surface area contributed by atoms with E-state index in [1.54, 1.807) is 4.90 Å². The molecule has 1 aliphatic rings. The van der Waals surface area contributed by atoms with Gasteiger partial charge in [-0.1, -0.05) is 84.9 Å². The average molecular weight is 503 g/mol. The van der Waals surface area contributed by atoms with Gasteiger partial charge in [-0.2, -0.15) is 0 Å². The number of amides is 2. The maximum Gasteiger partial charge on any atom is 0.240 e. The van der Waals surface area contributed by atoms with Crippen molar-refractivity contribution in [2.45, 2.75) is 37.8 Å². The Kier molecular flexibility index (Phi) is 6.38. The SMILES string of the molecule is NC(=O)C1CC(n2c(-c3ccccc3)nc3ccccc32)CCN1C(=O)CCc1ccc2ccccc2c1. The number of fused-ring (bicyclic) bond motifs is 2. The van der Waals surface area contributed by atoms with Crippen LogP contribution in [-0.4, -0.2) is 38.9 Å². The van der Waals surface area contributed by atoms with Crippen molar-refractivity contribution in [1.82, 2.24) is 14.5 Å². The number of hydrogen-bond donors (Lipinski definition) is 1. The molecule has 0 spiro atoms. The van der Waals surface area contributed by atoms with Crippen LogP contribution in [0.25, 0.3) is 33.2 Å². The van der Waals surface area contributed by atoms with Crippen LogP contribution >= 0.6 is 0 Å². The summed E-state index contributed by atoms with van der Waals surface area (Å²) in [6.45, 7) is 0.482. The number of primary amides is 1. The van der Waals surface area contributed by atoms with Crippen LogP contribution in [0.3, 0.4) is 0 Å². The lowest BCUT2D eigenvalue weighted by Crippen LogP contribution is -2.52. The summed E-state index contributed by atoms with van der Waals surface area (Å²) < 4.78 is 2.23. The second kappa shape index (κ2) is 10.1. The zero-order valence-electron chi connectivity index (χ0n) is 21.2. The Morgan fingerprint density at radius 2 is 1.61 bits per heavy atom. The largest absolute Gasteiger partial charge is 0.368 e. The molecule has 2 heterocycles. The number of benzene rings is 4. The Morgan fingerprint density at radius 1 is 0.868 bits per heavy atom. The van der Waals surface area contributed by atoms with E-state index in [1.807, 2.05) is 48.5 Å². The van der Waals surface area contributed by atoms with Gasteiger partial charge in [0.2, 0.25) is 11.8 Å². The summed E-state index contributed by atoms with van der Waals surface area (Å²) in [5.41, 5.74) is 9.95. The predicted octanol–water partition coefficient (Wildman–Crippen LogP) is 5.51. The third-order valence-corrected chi connectivity index (χ3v) is 7.66. The highest BCUT2D eigenvalue weighted by Crippen LogP contribution is 2.35. The molecule has 0 saturated carbocycles. The molecule has 2 amide bonds. The molecule has 1 aromatic heterocycles. The number of nitrogens with zero attached hydrogens (tertiary/aromatic N) is 3. The summed E-state index contributed by atoms with van der Waals surface area (Å²) in [4.78, 5) is 32.6. The van der Waals surface area contributed by atoms with Gasteiger partial charge < -0.3 is 15.2 Å². The number of aromatic nitrogens is 2. The maximum atomic E-state index is 13.3. The number of rotatable bonds is 6. The molecule has 1 aliphatic heterocycles. The minimum Gasteiger partial charge on any atom is -0.368 e. The molecule has 2 unspecified atom stereocenters. The Hall–Kier alpha value is -4.45. The third-order valence-electron chi connectivity index (χ3n) is 7.66. The molecule has 1 saturated heterocycles. The van der Waals surface area contributed by atoms with Crippen molar-refractivity contribution in [3.8, 4) is 11.4 Å². The number of carbonyl (C=O) groups excluding carboxylic acids is 2. The molecule has 5 aromatic rings. The average Bonchev–Trinajstić information content (AvgIpc) is 3.35. The summed E-state index contributed by atoms with van der Waals surface area (Å²) in [6, 6.07) is 32.0. The van der Waals surface area contributed by atoms with E-state index in [-0.39, 0.29) is 11.9 Å². The first-order chi connectivity index (χ1) is 18.6. The van der Waals surface area contributed by atoms with Gasteiger partial charge in [-0.25, -0.2) is 4.98 Å². The van der Waals surface area contributed by atoms with Gasteiger partial charge in [-0.3, -0.25) is 9.59 Å². The summed E-state index contributed by atoms with van der Waals surface area (Å²) in [6.07, 6.45) is 2.17. The topological polar surface area (TPSA) is 81.2 Å². The van der Waals surface area contributed by atoms with E-state index in [9.17, 15) is 9.59 Å². The minimum atomic E-state index is -0.650. The Bertz CT molecular complexity index is 1620. The predicted molar refractivity (Wildman–Crippen MR) is 150 cm³/mol. The van der Waals surface area contributed by atoms with Gasteiger partial charge in [0.1, 0.15) is 11.9 Å². The van der Waals surface area contributed by atoms with Crippen molar-refractivity contribution in [2.24, 2.45) is 5.73 Å². The number of likely N-dealkylation sites (tertiary alicyclic amines) is 1. The van der Waals surface area contributed by atoms with Gasteiger partial charge in [0, 0.05) is 24.6 Å². The molecule has 6 rings (SSSR count). The molecular weight excluding hydrogens is 472 g/mol. The third kappa shape index (κ3) is 4.54. The van der Waals surface area contributed by atoms with E-state index in [4.69, 9.17) is 10.7 Å². The smallest absolute Gasteiger partial charge is 0.240 e. The first-order valence-corrected chi connectivity index (χ1v) is 13.2. The molecule has 0 aliphatic carbocycles. The standard InChI is InChI=1S/C32H30N4O2/c33-31(38)29-21-26(36-28-13-7-6-12-27(28)34-32(36)24-9-2-1-3-10-24)18-19-35(29)30(37)17-15-22-14-16-23-8-4-5-11-25(23)20-22/h1-14,16,20,26,29H,15,17-19,21H2,(H2,33,38). The van der Waals surface area contributed by atoms with Gasteiger partial charge in [-0.15, -0.1) is 0 Å². The normalized spacial score (nSPS) is 17.6. The zero-order valence-corrected chi connectivity index (χ0v) is 21.2. The Balaban J connectivity index is 1.23. The van der Waals surface area contributed by atoms with Gasteiger partial charge in [0.05, 0.1) is 11.0 Å². The molecule has 0 bridgehead atoms. The second-order valence-electron chi connectivity index (χ2n) is 10.0. The van der Waals surface area contributed by atoms with E-state index in [0.717, 1.165) is 39.8 Å². The van der Waals surface area contributed by atoms with Crippen molar-refractivity contribution >= 4 is 33.6 Å². The second-order valence-corrected chi connectivity index (χ2v) is 10.0. The van der Waals surface area contributed by atoms with Crippen molar-refractivity contribution in [1.29, 1.82) is 0 Å². The zero-order chi connectivity index (χ0) is 26.1. The van der Waals surface area contributed by atoms with Crippen LogP contribution in [-0.2, 0) is 16.0 Å². The molecule has 2 N–H and O–H groups in total. The van der Waals surface area contributed by atoms with Crippen LogP contribution in [0.4, 0.5) is 0 Å². The fraction of sp³-hybridized carbons (Fsp3) is 0.219. The fourth-order valence-corrected chi connectivity index (χ4v) is 5.74. The molecule has 6 heteroatoms. The number of imidazole rings is 1. The lowest BCUT2D eigenvalue weighted by atomic mass is 9.94. The molecule has 190 valence electrons. The quantitative estimate of drug-likeness (QED) is 0.333. The lowest BCUT2D eigenvalue weighted by Gasteiger charge is -2.39. The number of hydrogen-bond acceptors (Lipinski definition) is 3. The van der Waals surface area contributed by atoms with Crippen LogP contribution in [0.5, 0.6) is 0 Å². The lowest BCUT2D eigenvalue weighted by molar-refractivity contribution is -0.141. The van der Waals surface area contributed by atoms with E-state index in [0.29, 0.717) is 25.8 Å². The van der Waals surface area contributed by atoms with Gasteiger partial charge in [0.25, 0.3) is 0 Å².